The second-order valence-corrected chi connectivity index (χ2v) is 7.57. The van der Waals surface area contributed by atoms with E-state index in [1.165, 1.54) is 36.4 Å². The van der Waals surface area contributed by atoms with E-state index >= 15 is 0 Å². The fourth-order valence-electron chi connectivity index (χ4n) is 3.25. The van der Waals surface area contributed by atoms with Gasteiger partial charge in [0.15, 0.2) is 0 Å². The smallest absolute Gasteiger partial charge is 0.113 e. The molecule has 19 heavy (non-hydrogen) atoms. The summed E-state index contributed by atoms with van der Waals surface area (Å²) < 4.78 is 0. The number of rotatable bonds is 5. The van der Waals surface area contributed by atoms with Crippen molar-refractivity contribution < 1.29 is 0 Å². The molecule has 0 amide bonds. The molecule has 1 aliphatic carbocycles. The summed E-state index contributed by atoms with van der Waals surface area (Å²) in [7, 11) is 0. The molecule has 1 aliphatic rings. The Hall–Kier alpha value is -0.410. The fraction of sp³-hybridized carbons (Fsp3) is 0.812. The van der Waals surface area contributed by atoms with Crippen LogP contribution in [0.4, 0.5) is 0 Å². The van der Waals surface area contributed by atoms with E-state index in [0.29, 0.717) is 12.0 Å². The zero-order valence-corrected chi connectivity index (χ0v) is 13.8. The van der Waals surface area contributed by atoms with E-state index < -0.39 is 0 Å². The molecule has 1 aromatic rings. The summed E-state index contributed by atoms with van der Waals surface area (Å²) >= 11 is 1.84. The topological polar surface area (TPSA) is 24.9 Å². The Morgan fingerprint density at radius 3 is 2.37 bits per heavy atom. The molecule has 3 heteroatoms. The molecule has 0 aromatic carbocycles. The molecule has 108 valence electrons. The lowest BCUT2D eigenvalue weighted by atomic mass is 9.84. The van der Waals surface area contributed by atoms with Crippen LogP contribution in [0.1, 0.15) is 76.9 Å². The standard InChI is InChI=1S/C16H28N2S/c1-11(2)14-10-19-15(17-14)16(5,18-12(3)4)13-8-6-7-9-13/h10-13,18H,6-9H2,1-5H3. The summed E-state index contributed by atoms with van der Waals surface area (Å²) in [6.45, 7) is 11.3. The van der Waals surface area contributed by atoms with Gasteiger partial charge in [-0.2, -0.15) is 0 Å². The van der Waals surface area contributed by atoms with Gasteiger partial charge >= 0.3 is 0 Å². The predicted molar refractivity (Wildman–Crippen MR) is 83.8 cm³/mol. The average Bonchev–Trinajstić information content (AvgIpc) is 3.00. The summed E-state index contributed by atoms with van der Waals surface area (Å²) in [6.07, 6.45) is 5.44. The van der Waals surface area contributed by atoms with Gasteiger partial charge in [0, 0.05) is 11.4 Å². The van der Waals surface area contributed by atoms with E-state index in [-0.39, 0.29) is 5.54 Å². The van der Waals surface area contributed by atoms with Crippen LogP contribution in [0.2, 0.25) is 0 Å². The number of nitrogens with one attached hydrogen (secondary N) is 1. The van der Waals surface area contributed by atoms with Crippen LogP contribution in [0.5, 0.6) is 0 Å². The van der Waals surface area contributed by atoms with E-state index in [1.54, 1.807) is 0 Å². The van der Waals surface area contributed by atoms with Gasteiger partial charge in [-0.1, -0.05) is 26.7 Å². The quantitative estimate of drug-likeness (QED) is 0.848. The van der Waals surface area contributed by atoms with Crippen LogP contribution in [0, 0.1) is 5.92 Å². The number of hydrogen-bond acceptors (Lipinski definition) is 3. The van der Waals surface area contributed by atoms with Gasteiger partial charge in [0.2, 0.25) is 0 Å². The summed E-state index contributed by atoms with van der Waals surface area (Å²) in [5, 5.41) is 7.35. The van der Waals surface area contributed by atoms with Gasteiger partial charge in [-0.3, -0.25) is 0 Å². The maximum absolute atomic E-state index is 4.94. The first-order valence-electron chi connectivity index (χ1n) is 7.67. The fourth-order valence-corrected chi connectivity index (χ4v) is 4.43. The molecule has 1 heterocycles. The first-order valence-corrected chi connectivity index (χ1v) is 8.55. The average molecular weight is 280 g/mol. The largest absolute Gasteiger partial charge is 0.303 e. The van der Waals surface area contributed by atoms with Crippen LogP contribution in [0.15, 0.2) is 5.38 Å². The van der Waals surface area contributed by atoms with Crippen molar-refractivity contribution in [1.29, 1.82) is 0 Å². The molecule has 2 rings (SSSR count). The maximum Gasteiger partial charge on any atom is 0.113 e. The second kappa shape index (κ2) is 5.92. The molecular weight excluding hydrogens is 252 g/mol. The molecule has 1 saturated carbocycles. The Morgan fingerprint density at radius 1 is 1.26 bits per heavy atom. The first-order chi connectivity index (χ1) is 8.93. The van der Waals surface area contributed by atoms with Gasteiger partial charge < -0.3 is 5.32 Å². The van der Waals surface area contributed by atoms with Crippen LogP contribution >= 0.6 is 11.3 Å². The van der Waals surface area contributed by atoms with Gasteiger partial charge in [0.05, 0.1) is 11.2 Å². The maximum atomic E-state index is 4.94. The molecule has 1 unspecified atom stereocenters. The van der Waals surface area contributed by atoms with Crippen molar-refractivity contribution in [3.8, 4) is 0 Å². The summed E-state index contributed by atoms with van der Waals surface area (Å²) in [4.78, 5) is 4.94. The minimum atomic E-state index is 0.0580. The van der Waals surface area contributed by atoms with E-state index in [4.69, 9.17) is 4.98 Å². The highest BCUT2D eigenvalue weighted by atomic mass is 32.1. The van der Waals surface area contributed by atoms with Crippen molar-refractivity contribution >= 4 is 11.3 Å². The molecule has 2 nitrogen and oxygen atoms in total. The van der Waals surface area contributed by atoms with Crippen molar-refractivity contribution in [3.63, 3.8) is 0 Å². The Bertz CT molecular complexity index is 405. The Balaban J connectivity index is 2.29. The van der Waals surface area contributed by atoms with Crippen LogP contribution in [-0.4, -0.2) is 11.0 Å². The first kappa shape index (κ1) is 15.0. The highest BCUT2D eigenvalue weighted by molar-refractivity contribution is 7.09. The Kier molecular flexibility index (Phi) is 4.67. The number of thiazole rings is 1. The van der Waals surface area contributed by atoms with E-state index in [2.05, 4.69) is 45.3 Å². The lowest BCUT2D eigenvalue weighted by Gasteiger charge is -2.37. The summed E-state index contributed by atoms with van der Waals surface area (Å²) in [6, 6.07) is 0.497. The van der Waals surface area contributed by atoms with Crippen LogP contribution in [-0.2, 0) is 5.54 Å². The number of nitrogens with zero attached hydrogens (tertiary/aromatic N) is 1. The molecule has 1 atom stereocenters. The van der Waals surface area contributed by atoms with Crippen molar-refractivity contribution in [2.24, 2.45) is 5.92 Å². The molecule has 1 fully saturated rings. The third kappa shape index (κ3) is 3.19. The zero-order valence-electron chi connectivity index (χ0n) is 13.0. The molecule has 1 aromatic heterocycles. The predicted octanol–water partition coefficient (Wildman–Crippen LogP) is 4.67. The van der Waals surface area contributed by atoms with Gasteiger partial charge in [-0.25, -0.2) is 4.98 Å². The zero-order chi connectivity index (χ0) is 14.0. The van der Waals surface area contributed by atoms with E-state index in [0.717, 1.165) is 5.92 Å². The summed E-state index contributed by atoms with van der Waals surface area (Å²) in [5.74, 6) is 1.26. The lowest BCUT2D eigenvalue weighted by molar-refractivity contribution is 0.216. The Labute approximate surface area is 122 Å². The monoisotopic (exact) mass is 280 g/mol. The highest BCUT2D eigenvalue weighted by Gasteiger charge is 2.40. The second-order valence-electron chi connectivity index (χ2n) is 6.71. The summed E-state index contributed by atoms with van der Waals surface area (Å²) in [5.41, 5.74) is 1.30. The van der Waals surface area contributed by atoms with Crippen molar-refractivity contribution in [2.75, 3.05) is 0 Å². The van der Waals surface area contributed by atoms with Crippen molar-refractivity contribution in [1.82, 2.24) is 10.3 Å². The molecule has 0 saturated heterocycles. The third-order valence-electron chi connectivity index (χ3n) is 4.32. The highest BCUT2D eigenvalue weighted by Crippen LogP contribution is 2.42. The normalized spacial score (nSPS) is 20.4. The van der Waals surface area contributed by atoms with Crippen LogP contribution < -0.4 is 5.32 Å². The van der Waals surface area contributed by atoms with Gasteiger partial charge in [-0.05, 0) is 45.4 Å². The van der Waals surface area contributed by atoms with Gasteiger partial charge in [0.1, 0.15) is 5.01 Å². The SMILES string of the molecule is CC(C)NC(C)(c1nc(C(C)C)cs1)C1CCCC1. The van der Waals surface area contributed by atoms with Gasteiger partial charge in [0.25, 0.3) is 0 Å². The molecular formula is C16H28N2S. The molecule has 1 N–H and O–H groups in total. The van der Waals surface area contributed by atoms with Crippen LogP contribution in [0.3, 0.4) is 0 Å². The molecule has 0 aliphatic heterocycles. The van der Waals surface area contributed by atoms with E-state index in [9.17, 15) is 0 Å². The van der Waals surface area contributed by atoms with Crippen molar-refractivity contribution in [3.05, 3.63) is 16.1 Å². The number of aromatic nitrogens is 1. The Morgan fingerprint density at radius 2 is 1.89 bits per heavy atom. The molecule has 0 radical (unpaired) electrons. The lowest BCUT2D eigenvalue weighted by Crippen LogP contribution is -2.48. The molecule has 0 spiro atoms. The third-order valence-corrected chi connectivity index (χ3v) is 5.42. The van der Waals surface area contributed by atoms with Gasteiger partial charge in [-0.15, -0.1) is 11.3 Å². The van der Waals surface area contributed by atoms with E-state index in [1.807, 2.05) is 11.3 Å². The van der Waals surface area contributed by atoms with Crippen LogP contribution in [0.25, 0.3) is 0 Å². The molecule has 0 bridgehead atoms. The number of hydrogen-bond donors (Lipinski definition) is 1. The minimum Gasteiger partial charge on any atom is -0.303 e. The minimum absolute atomic E-state index is 0.0580. The van der Waals surface area contributed by atoms with Crippen molar-refractivity contribution in [2.45, 2.75) is 77.8 Å².